The van der Waals surface area contributed by atoms with Gasteiger partial charge in [0.1, 0.15) is 5.82 Å². The molecule has 0 bridgehead atoms. The number of halogens is 4. The molecule has 0 unspecified atom stereocenters. The van der Waals surface area contributed by atoms with Crippen LogP contribution in [0.5, 0.6) is 0 Å². The highest BCUT2D eigenvalue weighted by molar-refractivity contribution is 6.31. The molecule has 2 aromatic carbocycles. The number of imidazole rings is 1. The molecule has 180 valence electrons. The smallest absolute Gasteiger partial charge is 0.367 e. The number of benzene rings is 2. The first-order chi connectivity index (χ1) is 16.0. The van der Waals surface area contributed by atoms with Crippen LogP contribution in [0.3, 0.4) is 0 Å². The van der Waals surface area contributed by atoms with Crippen LogP contribution >= 0.6 is 11.6 Å². The molecule has 7 nitrogen and oxygen atoms in total. The fourth-order valence-corrected chi connectivity index (χ4v) is 4.17. The van der Waals surface area contributed by atoms with Gasteiger partial charge in [0.15, 0.2) is 0 Å². The lowest BCUT2D eigenvalue weighted by atomic mass is 10.1. The summed E-state index contributed by atoms with van der Waals surface area (Å²) < 4.78 is 41.6. The Labute approximate surface area is 198 Å². The lowest BCUT2D eigenvalue weighted by Crippen LogP contribution is -2.48. The molecule has 2 N–H and O–H groups in total. The topological polar surface area (TPSA) is 81.3 Å². The van der Waals surface area contributed by atoms with Crippen molar-refractivity contribution in [2.45, 2.75) is 26.1 Å². The number of nitrogens with one attached hydrogen (secondary N) is 2. The first kappa shape index (κ1) is 23.9. The van der Waals surface area contributed by atoms with E-state index >= 15 is 0 Å². The zero-order valence-electron chi connectivity index (χ0n) is 18.5. The number of anilines is 1. The van der Waals surface area contributed by atoms with Gasteiger partial charge in [-0.2, -0.15) is 13.2 Å². The molecule has 1 aromatic heterocycles. The average molecular weight is 494 g/mol. The molecule has 1 atom stereocenters. The van der Waals surface area contributed by atoms with Crippen molar-refractivity contribution in [2.75, 3.05) is 31.1 Å². The van der Waals surface area contributed by atoms with Gasteiger partial charge in [-0.25, -0.2) is 4.98 Å². The van der Waals surface area contributed by atoms with Gasteiger partial charge < -0.3 is 20.1 Å². The van der Waals surface area contributed by atoms with Gasteiger partial charge in [0.25, 0.3) is 5.91 Å². The summed E-state index contributed by atoms with van der Waals surface area (Å²) >= 11 is 5.98. The highest BCUT2D eigenvalue weighted by Gasteiger charge is 2.36. The molecule has 1 aliphatic rings. The summed E-state index contributed by atoms with van der Waals surface area (Å²) in [5, 5.41) is 3.22. The summed E-state index contributed by atoms with van der Waals surface area (Å²) in [6.07, 6.45) is -4.65. The van der Waals surface area contributed by atoms with E-state index in [1.165, 1.54) is 19.1 Å². The van der Waals surface area contributed by atoms with Gasteiger partial charge in [0.05, 0.1) is 22.6 Å². The molecule has 2 heterocycles. The molecule has 1 aliphatic heterocycles. The molecule has 0 aliphatic carbocycles. The average Bonchev–Trinajstić information content (AvgIpc) is 3.21. The molecule has 3 aromatic rings. The van der Waals surface area contributed by atoms with Crippen molar-refractivity contribution in [3.63, 3.8) is 0 Å². The van der Waals surface area contributed by atoms with E-state index in [2.05, 4.69) is 15.3 Å². The molecule has 2 amide bonds. The summed E-state index contributed by atoms with van der Waals surface area (Å²) in [7, 11) is 0. The quantitative estimate of drug-likeness (QED) is 0.564. The number of alkyl halides is 3. The van der Waals surface area contributed by atoms with Crippen molar-refractivity contribution in [2.24, 2.45) is 0 Å². The Kier molecular flexibility index (Phi) is 6.44. The van der Waals surface area contributed by atoms with Crippen LogP contribution in [-0.4, -0.2) is 52.9 Å². The van der Waals surface area contributed by atoms with E-state index in [4.69, 9.17) is 11.6 Å². The third kappa shape index (κ3) is 4.96. The molecule has 34 heavy (non-hydrogen) atoms. The van der Waals surface area contributed by atoms with Gasteiger partial charge in [-0.15, -0.1) is 0 Å². The van der Waals surface area contributed by atoms with Crippen molar-refractivity contribution >= 4 is 40.1 Å². The number of carbonyl (C=O) groups excluding carboxylic acids is 2. The largest absolute Gasteiger partial charge is 0.418 e. The van der Waals surface area contributed by atoms with Crippen molar-refractivity contribution < 1.29 is 22.8 Å². The normalized spacial score (nSPS) is 15.5. The van der Waals surface area contributed by atoms with Gasteiger partial charge in [-0.05, 0) is 43.3 Å². The van der Waals surface area contributed by atoms with E-state index in [0.717, 1.165) is 6.07 Å². The molecular weight excluding hydrogens is 471 g/mol. The second kappa shape index (κ2) is 9.17. The van der Waals surface area contributed by atoms with Crippen molar-refractivity contribution in [1.29, 1.82) is 0 Å². The highest BCUT2D eigenvalue weighted by Crippen LogP contribution is 2.37. The Balaban J connectivity index is 1.54. The molecule has 0 radical (unpaired) electrons. The number of carbonyl (C=O) groups is 2. The lowest BCUT2D eigenvalue weighted by Gasteiger charge is -2.36. The Morgan fingerprint density at radius 2 is 1.82 bits per heavy atom. The maximum Gasteiger partial charge on any atom is 0.418 e. The van der Waals surface area contributed by atoms with Crippen LogP contribution in [0, 0.1) is 0 Å². The Hall–Kier alpha value is -3.27. The summed E-state index contributed by atoms with van der Waals surface area (Å²) in [5.74, 6) is -0.296. The van der Waals surface area contributed by atoms with Gasteiger partial charge >= 0.3 is 6.18 Å². The molecule has 1 fully saturated rings. The van der Waals surface area contributed by atoms with Crippen molar-refractivity contribution in [1.82, 2.24) is 20.2 Å². The highest BCUT2D eigenvalue weighted by atomic mass is 35.5. The third-order valence-electron chi connectivity index (χ3n) is 5.85. The third-order valence-corrected chi connectivity index (χ3v) is 6.08. The maximum atomic E-state index is 13.9. The van der Waals surface area contributed by atoms with E-state index in [1.54, 1.807) is 34.9 Å². The fraction of sp³-hybridized carbons (Fsp3) is 0.348. The maximum absolute atomic E-state index is 13.9. The Bertz CT molecular complexity index is 1240. The molecule has 11 heteroatoms. The second-order valence-electron chi connectivity index (χ2n) is 8.20. The lowest BCUT2D eigenvalue weighted by molar-refractivity contribution is -0.137. The minimum absolute atomic E-state index is 0.00513. The number of rotatable bonds is 4. The SMILES string of the molecule is CC(=O)N1CCN(c2ccc(C(=O)N[C@@H](C)c3nc4ccc(Cl)cc4[nH]3)cc2C(F)(F)F)CC1. The standard InChI is InChI=1S/C23H23ClF3N5O2/c1-13(21-29-18-5-4-16(24)12-19(18)30-21)28-22(34)15-3-6-20(17(11-15)23(25,26)27)32-9-7-31(8-10-32)14(2)33/h3-6,11-13H,7-10H2,1-2H3,(H,28,34)(H,29,30)/t13-/m0/s1. The van der Waals surface area contributed by atoms with Crippen molar-refractivity contribution in [3.8, 4) is 0 Å². The summed E-state index contributed by atoms with van der Waals surface area (Å²) in [5.41, 5.74) is 0.354. The number of amides is 2. The van der Waals surface area contributed by atoms with Crippen LogP contribution in [0.25, 0.3) is 11.0 Å². The number of hydrogen-bond donors (Lipinski definition) is 2. The molecule has 4 rings (SSSR count). The number of aromatic nitrogens is 2. The number of nitrogens with zero attached hydrogens (tertiary/aromatic N) is 3. The minimum Gasteiger partial charge on any atom is -0.367 e. The Morgan fingerprint density at radius 3 is 2.47 bits per heavy atom. The predicted molar refractivity (Wildman–Crippen MR) is 123 cm³/mol. The fourth-order valence-electron chi connectivity index (χ4n) is 4.00. The number of piperazine rings is 1. The number of aromatic amines is 1. The first-order valence-corrected chi connectivity index (χ1v) is 11.1. The second-order valence-corrected chi connectivity index (χ2v) is 8.64. The summed E-state index contributed by atoms with van der Waals surface area (Å²) in [6.45, 7) is 4.36. The van der Waals surface area contributed by atoms with Crippen molar-refractivity contribution in [3.05, 3.63) is 58.4 Å². The molecular formula is C23H23ClF3N5O2. The van der Waals surface area contributed by atoms with E-state index in [9.17, 15) is 22.8 Å². The molecule has 0 spiro atoms. The number of H-pyrrole nitrogens is 1. The molecule has 1 saturated heterocycles. The van der Waals surface area contributed by atoms with Crippen LogP contribution in [-0.2, 0) is 11.0 Å². The predicted octanol–water partition coefficient (Wildman–Crippen LogP) is 4.39. The van der Waals surface area contributed by atoms with Crippen LogP contribution in [0.4, 0.5) is 18.9 Å². The van der Waals surface area contributed by atoms with Gasteiger partial charge in [-0.1, -0.05) is 11.6 Å². The van der Waals surface area contributed by atoms with E-state index in [1.807, 2.05) is 0 Å². The first-order valence-electron chi connectivity index (χ1n) is 10.7. The monoisotopic (exact) mass is 493 g/mol. The van der Waals surface area contributed by atoms with E-state index < -0.39 is 23.7 Å². The van der Waals surface area contributed by atoms with Gasteiger partial charge in [0.2, 0.25) is 5.91 Å². The minimum atomic E-state index is -4.65. The van der Waals surface area contributed by atoms with Crippen LogP contribution in [0.15, 0.2) is 36.4 Å². The van der Waals surface area contributed by atoms with Crippen LogP contribution in [0.1, 0.15) is 41.6 Å². The van der Waals surface area contributed by atoms with E-state index in [-0.39, 0.29) is 30.2 Å². The van der Waals surface area contributed by atoms with Crippen LogP contribution in [0.2, 0.25) is 5.02 Å². The van der Waals surface area contributed by atoms with Gasteiger partial charge in [-0.3, -0.25) is 9.59 Å². The zero-order valence-corrected chi connectivity index (χ0v) is 19.3. The van der Waals surface area contributed by atoms with Crippen LogP contribution < -0.4 is 10.2 Å². The zero-order chi connectivity index (χ0) is 24.6. The summed E-state index contributed by atoms with van der Waals surface area (Å²) in [4.78, 5) is 35.0. The summed E-state index contributed by atoms with van der Waals surface area (Å²) in [6, 6.07) is 8.11. The number of hydrogen-bond acceptors (Lipinski definition) is 4. The van der Waals surface area contributed by atoms with Gasteiger partial charge in [0, 0.05) is 49.4 Å². The Morgan fingerprint density at radius 1 is 1.12 bits per heavy atom. The number of fused-ring (bicyclic) bond motifs is 1. The van der Waals surface area contributed by atoms with E-state index in [0.29, 0.717) is 35.0 Å². The molecule has 0 saturated carbocycles.